The van der Waals surface area contributed by atoms with Crippen molar-refractivity contribution in [3.8, 4) is 0 Å². The van der Waals surface area contributed by atoms with Gasteiger partial charge in [0.05, 0.1) is 13.2 Å². The van der Waals surface area contributed by atoms with Crippen molar-refractivity contribution in [2.24, 2.45) is 0 Å². The van der Waals surface area contributed by atoms with E-state index in [0.29, 0.717) is 31.3 Å². The summed E-state index contributed by atoms with van der Waals surface area (Å²) in [6.45, 7) is 4.87. The van der Waals surface area contributed by atoms with Gasteiger partial charge in [-0.25, -0.2) is 0 Å². The fraction of sp³-hybridized carbons (Fsp3) is 0.444. The summed E-state index contributed by atoms with van der Waals surface area (Å²) in [5.74, 6) is 0.475. The smallest absolute Gasteiger partial charge is 0.163 e. The third-order valence-electron chi connectivity index (χ3n) is 3.71. The Balaban J connectivity index is 1.52. The lowest BCUT2D eigenvalue weighted by molar-refractivity contribution is -0.152. The minimum absolute atomic E-state index is 0.342. The summed E-state index contributed by atoms with van der Waals surface area (Å²) >= 11 is 0. The minimum atomic E-state index is -0.848. The Morgan fingerprint density at radius 2 is 1.96 bits per heavy atom. The van der Waals surface area contributed by atoms with Crippen molar-refractivity contribution in [3.63, 3.8) is 0 Å². The largest absolute Gasteiger partial charge is 0.461 e. The molecule has 0 unspecified atom stereocenters. The highest BCUT2D eigenvalue weighted by Crippen LogP contribution is 2.31. The molecule has 1 aromatic carbocycles. The maximum atomic E-state index is 10.3. The Morgan fingerprint density at radius 1 is 1.17 bits per heavy atom. The number of aliphatic hydroxyl groups is 1. The first kappa shape index (κ1) is 16.2. The van der Waals surface area contributed by atoms with Gasteiger partial charge in [0.1, 0.15) is 30.3 Å². The van der Waals surface area contributed by atoms with Crippen LogP contribution in [0, 0.1) is 0 Å². The quantitative estimate of drug-likeness (QED) is 0.886. The summed E-state index contributed by atoms with van der Waals surface area (Å²) in [7, 11) is 0. The Hall–Kier alpha value is -1.66. The van der Waals surface area contributed by atoms with Crippen LogP contribution in [0.1, 0.15) is 37.0 Å². The lowest BCUT2D eigenvalue weighted by atomic mass is 10.2. The van der Waals surface area contributed by atoms with Crippen LogP contribution in [-0.2, 0) is 27.4 Å². The molecule has 0 radical (unpaired) electrons. The highest BCUT2D eigenvalue weighted by atomic mass is 16.7. The summed E-state index contributed by atoms with van der Waals surface area (Å²) < 4.78 is 22.4. The summed E-state index contributed by atoms with van der Waals surface area (Å²) in [4.78, 5) is 0. The molecule has 23 heavy (non-hydrogen) atoms. The topological polar surface area (TPSA) is 61.1 Å². The Bertz CT molecular complexity index is 619. The lowest BCUT2D eigenvalue weighted by Gasteiger charge is -2.19. The zero-order chi connectivity index (χ0) is 16.3. The van der Waals surface area contributed by atoms with Crippen LogP contribution in [-0.4, -0.2) is 23.6 Å². The maximum absolute atomic E-state index is 10.3. The molecule has 2 atom stereocenters. The molecule has 1 aliphatic rings. The van der Waals surface area contributed by atoms with E-state index in [-0.39, 0.29) is 0 Å². The summed E-state index contributed by atoms with van der Waals surface area (Å²) in [5.41, 5.74) is 1.11. The van der Waals surface area contributed by atoms with Gasteiger partial charge in [0.25, 0.3) is 0 Å². The molecule has 0 spiro atoms. The average molecular weight is 318 g/mol. The van der Waals surface area contributed by atoms with Crippen molar-refractivity contribution < 1.29 is 23.7 Å². The van der Waals surface area contributed by atoms with Crippen LogP contribution in [0.25, 0.3) is 0 Å². The van der Waals surface area contributed by atoms with E-state index in [1.807, 2.05) is 50.2 Å². The zero-order valence-corrected chi connectivity index (χ0v) is 13.4. The highest BCUT2D eigenvalue weighted by molar-refractivity contribution is 5.14. The predicted molar refractivity (Wildman–Crippen MR) is 83.5 cm³/mol. The monoisotopic (exact) mass is 318 g/mol. The predicted octanol–water partition coefficient (Wildman–Crippen LogP) is 3.18. The minimum Gasteiger partial charge on any atom is -0.461 e. The average Bonchev–Trinajstić information content (AvgIpc) is 3.14. The van der Waals surface area contributed by atoms with Crippen LogP contribution in [0.3, 0.4) is 0 Å². The van der Waals surface area contributed by atoms with Crippen molar-refractivity contribution in [2.75, 3.05) is 6.61 Å². The van der Waals surface area contributed by atoms with Crippen LogP contribution >= 0.6 is 0 Å². The lowest BCUT2D eigenvalue weighted by Crippen LogP contribution is -2.25. The van der Waals surface area contributed by atoms with Crippen molar-refractivity contribution in [3.05, 3.63) is 59.5 Å². The van der Waals surface area contributed by atoms with Crippen LogP contribution in [0.2, 0.25) is 0 Å². The molecule has 0 aliphatic carbocycles. The van der Waals surface area contributed by atoms with Gasteiger partial charge < -0.3 is 23.7 Å². The Kier molecular flexibility index (Phi) is 4.82. The number of hydrogen-bond donors (Lipinski definition) is 1. The van der Waals surface area contributed by atoms with Gasteiger partial charge in [-0.15, -0.1) is 0 Å². The van der Waals surface area contributed by atoms with E-state index in [0.717, 1.165) is 5.56 Å². The molecular formula is C18H22O5. The third kappa shape index (κ3) is 4.20. The molecule has 1 saturated heterocycles. The molecule has 1 aliphatic heterocycles. The summed E-state index contributed by atoms with van der Waals surface area (Å²) in [5, 5.41) is 10.3. The molecule has 0 amide bonds. The van der Waals surface area contributed by atoms with Gasteiger partial charge in [-0.2, -0.15) is 0 Å². The molecule has 2 heterocycles. The molecule has 2 aromatic rings. The van der Waals surface area contributed by atoms with E-state index in [1.165, 1.54) is 0 Å². The van der Waals surface area contributed by atoms with Gasteiger partial charge in [-0.3, -0.25) is 0 Å². The molecule has 5 nitrogen and oxygen atoms in total. The van der Waals surface area contributed by atoms with E-state index in [1.54, 1.807) is 6.07 Å². The van der Waals surface area contributed by atoms with Gasteiger partial charge in [0.15, 0.2) is 5.79 Å². The van der Waals surface area contributed by atoms with Crippen molar-refractivity contribution >= 4 is 0 Å². The van der Waals surface area contributed by atoms with Crippen molar-refractivity contribution in [1.82, 2.24) is 0 Å². The van der Waals surface area contributed by atoms with Crippen molar-refractivity contribution in [1.29, 1.82) is 0 Å². The van der Waals surface area contributed by atoms with E-state index in [4.69, 9.17) is 18.6 Å². The zero-order valence-electron chi connectivity index (χ0n) is 13.4. The van der Waals surface area contributed by atoms with Gasteiger partial charge in [0, 0.05) is 0 Å². The first-order chi connectivity index (χ1) is 11.0. The van der Waals surface area contributed by atoms with Gasteiger partial charge in [-0.05, 0) is 31.5 Å². The number of rotatable bonds is 6. The summed E-state index contributed by atoms with van der Waals surface area (Å²) in [6, 6.07) is 13.5. The SMILES string of the molecule is CC1(C)OC[C@H]([C@@H](O)c2ccc(COCc3ccccc3)o2)O1. The van der Waals surface area contributed by atoms with Crippen molar-refractivity contribution in [2.45, 2.75) is 45.1 Å². The van der Waals surface area contributed by atoms with Gasteiger partial charge >= 0.3 is 0 Å². The second-order valence-corrected chi connectivity index (χ2v) is 6.09. The van der Waals surface area contributed by atoms with Crippen LogP contribution in [0.15, 0.2) is 46.9 Å². The number of hydrogen-bond acceptors (Lipinski definition) is 5. The van der Waals surface area contributed by atoms with E-state index in [2.05, 4.69) is 0 Å². The highest BCUT2D eigenvalue weighted by Gasteiger charge is 2.38. The second kappa shape index (κ2) is 6.84. The first-order valence-electron chi connectivity index (χ1n) is 7.74. The number of benzene rings is 1. The summed E-state index contributed by atoms with van der Waals surface area (Å²) in [6.07, 6.45) is -1.27. The van der Waals surface area contributed by atoms with Crippen LogP contribution in [0.5, 0.6) is 0 Å². The Labute approximate surface area is 135 Å². The first-order valence-corrected chi connectivity index (χ1v) is 7.74. The normalized spacial score (nSPS) is 21.4. The third-order valence-corrected chi connectivity index (χ3v) is 3.71. The van der Waals surface area contributed by atoms with Gasteiger partial charge in [0.2, 0.25) is 0 Å². The molecule has 1 N–H and O–H groups in total. The fourth-order valence-electron chi connectivity index (χ4n) is 2.53. The Morgan fingerprint density at radius 3 is 2.65 bits per heavy atom. The van der Waals surface area contributed by atoms with Crippen LogP contribution < -0.4 is 0 Å². The fourth-order valence-corrected chi connectivity index (χ4v) is 2.53. The molecular weight excluding hydrogens is 296 g/mol. The molecule has 5 heteroatoms. The molecule has 1 fully saturated rings. The second-order valence-electron chi connectivity index (χ2n) is 6.09. The molecule has 3 rings (SSSR count). The number of aliphatic hydroxyl groups excluding tert-OH is 1. The molecule has 0 bridgehead atoms. The van der Waals surface area contributed by atoms with Crippen LogP contribution in [0.4, 0.5) is 0 Å². The number of furan rings is 1. The maximum Gasteiger partial charge on any atom is 0.163 e. The standard InChI is InChI=1S/C18H22O5/c1-18(2)21-12-16(23-18)17(19)15-9-8-14(22-15)11-20-10-13-6-4-3-5-7-13/h3-9,16-17,19H,10-12H2,1-2H3/t16-,17+/m1/s1. The van der Waals surface area contributed by atoms with E-state index in [9.17, 15) is 5.11 Å². The van der Waals surface area contributed by atoms with Gasteiger partial charge in [-0.1, -0.05) is 30.3 Å². The van der Waals surface area contributed by atoms with E-state index < -0.39 is 18.0 Å². The van der Waals surface area contributed by atoms with E-state index >= 15 is 0 Å². The number of ether oxygens (including phenoxy) is 3. The molecule has 1 aromatic heterocycles. The molecule has 124 valence electrons. The molecule has 0 saturated carbocycles.